The van der Waals surface area contributed by atoms with Gasteiger partial charge in [0.15, 0.2) is 0 Å². The summed E-state index contributed by atoms with van der Waals surface area (Å²) in [6.07, 6.45) is 10.1. The number of nitrogens with zero attached hydrogens (tertiary/aromatic N) is 1. The maximum Gasteiger partial charge on any atom is 0.316 e. The molecule has 3 aliphatic rings. The molecule has 0 amide bonds. The SMILES string of the molecule is Cc1ccc(CCN2CCC3C(CC3OC(=O)C3(c4ccccc4)CCCCCC3)C2)s1. The van der Waals surface area contributed by atoms with Gasteiger partial charge in [-0.3, -0.25) is 4.79 Å². The molecule has 4 heteroatoms. The molecular weight excluding hydrogens is 414 g/mol. The average Bonchev–Trinajstić information content (AvgIpc) is 3.06. The van der Waals surface area contributed by atoms with Gasteiger partial charge < -0.3 is 9.64 Å². The predicted octanol–water partition coefficient (Wildman–Crippen LogP) is 6.14. The number of likely N-dealkylation sites (tertiary alicyclic amines) is 1. The molecule has 32 heavy (non-hydrogen) atoms. The van der Waals surface area contributed by atoms with Crippen LogP contribution in [0.4, 0.5) is 0 Å². The summed E-state index contributed by atoms with van der Waals surface area (Å²) in [6.45, 7) is 5.66. The van der Waals surface area contributed by atoms with Crippen molar-refractivity contribution in [2.24, 2.45) is 11.8 Å². The topological polar surface area (TPSA) is 29.5 Å². The van der Waals surface area contributed by atoms with E-state index in [0.29, 0.717) is 11.8 Å². The van der Waals surface area contributed by atoms with Gasteiger partial charge in [0.1, 0.15) is 6.10 Å². The minimum Gasteiger partial charge on any atom is -0.461 e. The van der Waals surface area contributed by atoms with Crippen LogP contribution in [0.25, 0.3) is 0 Å². The van der Waals surface area contributed by atoms with Crippen molar-refractivity contribution >= 4 is 17.3 Å². The molecular formula is C28H37NO2S. The molecule has 3 nitrogen and oxygen atoms in total. The molecule has 1 aromatic heterocycles. The Hall–Kier alpha value is -1.65. The standard InChI is InChI=1S/C28H37NO2S/c1-21-11-12-24(32-21)13-17-29-18-14-25-22(20-29)19-26(25)31-27(30)28(15-7-2-3-8-16-28)23-9-5-4-6-10-23/h4-6,9-12,22,25-26H,2-3,7-8,13-20H2,1H3. The number of carbonyl (C=O) groups excluding carboxylic acids is 1. The monoisotopic (exact) mass is 451 g/mol. The first-order valence-electron chi connectivity index (χ1n) is 12.7. The highest BCUT2D eigenvalue weighted by Crippen LogP contribution is 2.46. The first-order valence-corrected chi connectivity index (χ1v) is 13.5. The fraction of sp³-hybridized carbons (Fsp3) is 0.607. The fourth-order valence-corrected chi connectivity index (χ4v) is 7.20. The Morgan fingerprint density at radius 2 is 1.88 bits per heavy atom. The van der Waals surface area contributed by atoms with Crippen LogP contribution in [-0.4, -0.2) is 36.6 Å². The lowest BCUT2D eigenvalue weighted by atomic mass is 9.66. The van der Waals surface area contributed by atoms with Crippen LogP contribution in [-0.2, 0) is 21.4 Å². The van der Waals surface area contributed by atoms with E-state index in [4.69, 9.17) is 4.74 Å². The van der Waals surface area contributed by atoms with Crippen LogP contribution in [0.5, 0.6) is 0 Å². The van der Waals surface area contributed by atoms with Gasteiger partial charge in [-0.15, -0.1) is 11.3 Å². The molecule has 3 fully saturated rings. The largest absolute Gasteiger partial charge is 0.461 e. The molecule has 3 unspecified atom stereocenters. The number of carbonyl (C=O) groups is 1. The van der Waals surface area contributed by atoms with Crippen molar-refractivity contribution in [2.45, 2.75) is 76.2 Å². The van der Waals surface area contributed by atoms with E-state index in [0.717, 1.165) is 51.6 Å². The van der Waals surface area contributed by atoms with E-state index in [2.05, 4.69) is 48.2 Å². The Labute approximate surface area is 197 Å². The molecule has 2 saturated carbocycles. The van der Waals surface area contributed by atoms with E-state index in [1.165, 1.54) is 41.1 Å². The lowest BCUT2D eigenvalue weighted by Gasteiger charge is -2.51. The Morgan fingerprint density at radius 3 is 2.56 bits per heavy atom. The van der Waals surface area contributed by atoms with Crippen molar-refractivity contribution < 1.29 is 9.53 Å². The second kappa shape index (κ2) is 9.69. The maximum absolute atomic E-state index is 13.6. The van der Waals surface area contributed by atoms with Crippen molar-refractivity contribution in [1.29, 1.82) is 0 Å². The summed E-state index contributed by atoms with van der Waals surface area (Å²) in [7, 11) is 0. The van der Waals surface area contributed by atoms with E-state index in [1.807, 2.05) is 17.4 Å². The van der Waals surface area contributed by atoms with E-state index >= 15 is 0 Å². The quantitative estimate of drug-likeness (QED) is 0.390. The molecule has 0 bridgehead atoms. The van der Waals surface area contributed by atoms with Gasteiger partial charge in [0.05, 0.1) is 5.41 Å². The normalized spacial score (nSPS) is 27.7. The van der Waals surface area contributed by atoms with Crippen LogP contribution >= 0.6 is 11.3 Å². The van der Waals surface area contributed by atoms with Gasteiger partial charge in [0.25, 0.3) is 0 Å². The highest BCUT2D eigenvalue weighted by Gasteiger charge is 2.49. The second-order valence-electron chi connectivity index (χ2n) is 10.3. The summed E-state index contributed by atoms with van der Waals surface area (Å²) in [5, 5.41) is 0. The highest BCUT2D eigenvalue weighted by molar-refractivity contribution is 7.11. The van der Waals surface area contributed by atoms with E-state index in [-0.39, 0.29) is 12.1 Å². The molecule has 1 aliphatic heterocycles. The maximum atomic E-state index is 13.6. The summed E-state index contributed by atoms with van der Waals surface area (Å²) in [6, 6.07) is 15.0. The summed E-state index contributed by atoms with van der Waals surface area (Å²) >= 11 is 1.93. The number of fused-ring (bicyclic) bond motifs is 1. The Balaban J connectivity index is 1.18. The number of hydrogen-bond donors (Lipinski definition) is 0. The van der Waals surface area contributed by atoms with Crippen LogP contribution < -0.4 is 0 Å². The van der Waals surface area contributed by atoms with E-state index in [9.17, 15) is 4.79 Å². The van der Waals surface area contributed by atoms with Gasteiger partial charge in [-0.1, -0.05) is 56.0 Å². The van der Waals surface area contributed by atoms with Gasteiger partial charge in [-0.2, -0.15) is 0 Å². The number of aryl methyl sites for hydroxylation is 1. The predicted molar refractivity (Wildman–Crippen MR) is 131 cm³/mol. The van der Waals surface area contributed by atoms with Crippen LogP contribution in [0.15, 0.2) is 42.5 Å². The first-order chi connectivity index (χ1) is 15.6. The average molecular weight is 452 g/mol. The number of esters is 1. The molecule has 0 radical (unpaired) electrons. The third-order valence-electron chi connectivity index (χ3n) is 8.29. The van der Waals surface area contributed by atoms with E-state index in [1.54, 1.807) is 0 Å². The van der Waals surface area contributed by atoms with Crippen LogP contribution in [0.2, 0.25) is 0 Å². The Kier molecular flexibility index (Phi) is 6.71. The third kappa shape index (κ3) is 4.54. The smallest absolute Gasteiger partial charge is 0.316 e. The molecule has 1 aromatic carbocycles. The molecule has 2 aliphatic carbocycles. The zero-order valence-corrected chi connectivity index (χ0v) is 20.2. The summed E-state index contributed by atoms with van der Waals surface area (Å²) in [4.78, 5) is 19.2. The number of rotatable bonds is 6. The van der Waals surface area contributed by atoms with Crippen LogP contribution in [0.3, 0.4) is 0 Å². The van der Waals surface area contributed by atoms with Crippen molar-refractivity contribution in [3.05, 3.63) is 57.8 Å². The van der Waals surface area contributed by atoms with Gasteiger partial charge >= 0.3 is 5.97 Å². The lowest BCUT2D eigenvalue weighted by Crippen LogP contribution is -2.55. The van der Waals surface area contributed by atoms with Crippen molar-refractivity contribution in [1.82, 2.24) is 4.90 Å². The summed E-state index contributed by atoms with van der Waals surface area (Å²) < 4.78 is 6.32. The summed E-state index contributed by atoms with van der Waals surface area (Å²) in [5.74, 6) is 1.33. The minimum absolute atomic E-state index is 0.0598. The van der Waals surface area contributed by atoms with E-state index < -0.39 is 5.41 Å². The third-order valence-corrected chi connectivity index (χ3v) is 9.35. The highest BCUT2D eigenvalue weighted by atomic mass is 32.1. The number of ether oxygens (including phenoxy) is 1. The van der Waals surface area contributed by atoms with Crippen LogP contribution in [0, 0.1) is 18.8 Å². The first kappa shape index (κ1) is 22.2. The van der Waals surface area contributed by atoms with Crippen molar-refractivity contribution in [3.8, 4) is 0 Å². The molecule has 1 saturated heterocycles. The zero-order chi connectivity index (χ0) is 22.0. The number of hydrogen-bond acceptors (Lipinski definition) is 4. The molecule has 2 aromatic rings. The molecule has 0 spiro atoms. The molecule has 5 rings (SSSR count). The zero-order valence-electron chi connectivity index (χ0n) is 19.4. The number of thiophene rings is 1. The summed E-state index contributed by atoms with van der Waals surface area (Å²) in [5.41, 5.74) is 0.740. The molecule has 172 valence electrons. The van der Waals surface area contributed by atoms with Gasteiger partial charge in [-0.05, 0) is 69.2 Å². The van der Waals surface area contributed by atoms with Gasteiger partial charge in [0.2, 0.25) is 0 Å². The van der Waals surface area contributed by atoms with Gasteiger partial charge in [-0.25, -0.2) is 0 Å². The second-order valence-corrected chi connectivity index (χ2v) is 11.7. The molecule has 0 N–H and O–H groups in total. The number of benzene rings is 1. The van der Waals surface area contributed by atoms with Crippen LogP contribution in [0.1, 0.15) is 66.7 Å². The molecule has 2 heterocycles. The van der Waals surface area contributed by atoms with Crippen molar-refractivity contribution in [2.75, 3.05) is 19.6 Å². The Bertz CT molecular complexity index is 899. The lowest BCUT2D eigenvalue weighted by molar-refractivity contribution is -0.176. The molecule has 3 atom stereocenters. The Morgan fingerprint density at radius 1 is 1.09 bits per heavy atom. The minimum atomic E-state index is -0.428. The fourth-order valence-electron chi connectivity index (χ4n) is 6.32. The van der Waals surface area contributed by atoms with Crippen molar-refractivity contribution in [3.63, 3.8) is 0 Å². The van der Waals surface area contributed by atoms with Gasteiger partial charge in [0, 0.05) is 28.8 Å². The number of piperidine rings is 1.